The van der Waals surface area contributed by atoms with Crippen molar-refractivity contribution in [2.75, 3.05) is 6.54 Å². The van der Waals surface area contributed by atoms with Gasteiger partial charge in [0.2, 0.25) is 5.91 Å². The SMILES string of the molecule is CC(=O)N1CC2(C)CC1CC(C)(C)C2. The lowest BCUT2D eigenvalue weighted by molar-refractivity contribution is -0.129. The zero-order valence-electron chi connectivity index (χ0n) is 9.76. The molecule has 2 rings (SSSR count). The molecule has 1 amide bonds. The Labute approximate surface area is 86.7 Å². The molecular formula is C12H21NO. The molecule has 14 heavy (non-hydrogen) atoms. The number of hydrogen-bond donors (Lipinski definition) is 0. The number of hydrogen-bond acceptors (Lipinski definition) is 1. The van der Waals surface area contributed by atoms with Crippen LogP contribution in [0.5, 0.6) is 0 Å². The lowest BCUT2D eigenvalue weighted by Gasteiger charge is -2.39. The van der Waals surface area contributed by atoms with Crippen LogP contribution in [0, 0.1) is 10.8 Å². The van der Waals surface area contributed by atoms with Crippen molar-refractivity contribution in [1.82, 2.24) is 4.90 Å². The zero-order chi connectivity index (χ0) is 10.6. The minimum absolute atomic E-state index is 0.261. The van der Waals surface area contributed by atoms with E-state index in [1.165, 1.54) is 19.3 Å². The third-order valence-corrected chi connectivity index (χ3v) is 3.82. The Morgan fingerprint density at radius 2 is 1.93 bits per heavy atom. The van der Waals surface area contributed by atoms with E-state index < -0.39 is 0 Å². The second-order valence-corrected chi connectivity index (χ2v) is 6.36. The molecule has 2 unspecified atom stereocenters. The van der Waals surface area contributed by atoms with Gasteiger partial charge in [-0.05, 0) is 30.1 Å². The summed E-state index contributed by atoms with van der Waals surface area (Å²) in [4.78, 5) is 13.6. The second-order valence-electron chi connectivity index (χ2n) is 6.36. The van der Waals surface area contributed by atoms with E-state index in [-0.39, 0.29) is 5.91 Å². The van der Waals surface area contributed by atoms with Crippen molar-refractivity contribution in [2.45, 2.75) is 53.0 Å². The van der Waals surface area contributed by atoms with Crippen LogP contribution in [0.3, 0.4) is 0 Å². The van der Waals surface area contributed by atoms with Gasteiger partial charge in [-0.1, -0.05) is 20.8 Å². The molecule has 1 heterocycles. The van der Waals surface area contributed by atoms with Crippen LogP contribution in [-0.2, 0) is 4.79 Å². The first-order valence-corrected chi connectivity index (χ1v) is 5.59. The quantitative estimate of drug-likeness (QED) is 0.581. The largest absolute Gasteiger partial charge is 0.339 e. The molecule has 2 bridgehead atoms. The third-order valence-electron chi connectivity index (χ3n) is 3.82. The van der Waals surface area contributed by atoms with Gasteiger partial charge in [0, 0.05) is 19.5 Å². The highest BCUT2D eigenvalue weighted by atomic mass is 16.2. The topological polar surface area (TPSA) is 20.3 Å². The molecule has 0 spiro atoms. The molecule has 2 aliphatic rings. The molecule has 0 N–H and O–H groups in total. The van der Waals surface area contributed by atoms with Gasteiger partial charge in [-0.3, -0.25) is 4.79 Å². The standard InChI is InChI=1S/C12H21NO/c1-9(14)13-8-12(4)6-10(13)5-11(2,3)7-12/h10H,5-8H2,1-4H3. The number of carbonyl (C=O) groups is 1. The Morgan fingerprint density at radius 1 is 1.29 bits per heavy atom. The van der Waals surface area contributed by atoms with Crippen LogP contribution < -0.4 is 0 Å². The summed E-state index contributed by atoms with van der Waals surface area (Å²) >= 11 is 0. The Bertz CT molecular complexity index is 271. The molecule has 80 valence electrons. The number of fused-ring (bicyclic) bond motifs is 2. The van der Waals surface area contributed by atoms with E-state index in [0.717, 1.165) is 6.54 Å². The smallest absolute Gasteiger partial charge is 0.219 e. The van der Waals surface area contributed by atoms with Crippen LogP contribution in [0.4, 0.5) is 0 Å². The van der Waals surface area contributed by atoms with Crippen LogP contribution >= 0.6 is 0 Å². The summed E-state index contributed by atoms with van der Waals surface area (Å²) in [5, 5.41) is 0. The molecule has 0 aromatic heterocycles. The summed E-state index contributed by atoms with van der Waals surface area (Å²) < 4.78 is 0. The summed E-state index contributed by atoms with van der Waals surface area (Å²) in [6.45, 7) is 9.69. The molecule has 0 radical (unpaired) electrons. The van der Waals surface area contributed by atoms with Crippen LogP contribution in [0.25, 0.3) is 0 Å². The fourth-order valence-corrected chi connectivity index (χ4v) is 3.83. The maximum Gasteiger partial charge on any atom is 0.219 e. The van der Waals surface area contributed by atoms with Gasteiger partial charge < -0.3 is 4.90 Å². The molecule has 2 heteroatoms. The normalized spacial score (nSPS) is 40.0. The van der Waals surface area contributed by atoms with Crippen molar-refractivity contribution in [3.8, 4) is 0 Å². The second kappa shape index (κ2) is 2.74. The van der Waals surface area contributed by atoms with Crippen molar-refractivity contribution in [2.24, 2.45) is 10.8 Å². The molecule has 2 atom stereocenters. The molecule has 2 fully saturated rings. The Hall–Kier alpha value is -0.530. The number of carbonyl (C=O) groups excluding carboxylic acids is 1. The molecule has 1 saturated carbocycles. The number of likely N-dealkylation sites (tertiary alicyclic amines) is 1. The molecule has 0 aromatic carbocycles. The van der Waals surface area contributed by atoms with Crippen molar-refractivity contribution < 1.29 is 4.79 Å². The van der Waals surface area contributed by atoms with Crippen molar-refractivity contribution >= 4 is 5.91 Å². The van der Waals surface area contributed by atoms with Gasteiger partial charge in [0.25, 0.3) is 0 Å². The summed E-state index contributed by atoms with van der Waals surface area (Å²) in [7, 11) is 0. The summed E-state index contributed by atoms with van der Waals surface area (Å²) in [6, 6.07) is 0.515. The number of amides is 1. The minimum Gasteiger partial charge on any atom is -0.339 e. The summed E-state index contributed by atoms with van der Waals surface area (Å²) in [5.41, 5.74) is 0.806. The van der Waals surface area contributed by atoms with Gasteiger partial charge in [0.15, 0.2) is 0 Å². The maximum atomic E-state index is 11.5. The average molecular weight is 195 g/mol. The molecule has 1 aliphatic carbocycles. The summed E-state index contributed by atoms with van der Waals surface area (Å²) in [6.07, 6.45) is 3.67. The van der Waals surface area contributed by atoms with Crippen molar-refractivity contribution in [3.63, 3.8) is 0 Å². The molecular weight excluding hydrogens is 174 g/mol. The first-order valence-electron chi connectivity index (χ1n) is 5.59. The van der Waals surface area contributed by atoms with Crippen molar-refractivity contribution in [1.29, 1.82) is 0 Å². The Balaban J connectivity index is 2.23. The predicted molar refractivity (Wildman–Crippen MR) is 56.9 cm³/mol. The van der Waals surface area contributed by atoms with Crippen LogP contribution in [0.2, 0.25) is 0 Å². The van der Waals surface area contributed by atoms with Gasteiger partial charge in [-0.2, -0.15) is 0 Å². The molecule has 2 nitrogen and oxygen atoms in total. The maximum absolute atomic E-state index is 11.5. The van der Waals surface area contributed by atoms with Crippen LogP contribution in [0.1, 0.15) is 47.0 Å². The third kappa shape index (κ3) is 1.55. The average Bonchev–Trinajstić information content (AvgIpc) is 2.19. The lowest BCUT2D eigenvalue weighted by atomic mass is 9.65. The highest BCUT2D eigenvalue weighted by molar-refractivity contribution is 5.74. The Kier molecular flexibility index (Phi) is 1.96. The van der Waals surface area contributed by atoms with E-state index in [2.05, 4.69) is 25.7 Å². The zero-order valence-corrected chi connectivity index (χ0v) is 9.76. The van der Waals surface area contributed by atoms with Gasteiger partial charge in [0.05, 0.1) is 0 Å². The number of nitrogens with zero attached hydrogens (tertiary/aromatic N) is 1. The summed E-state index contributed by atoms with van der Waals surface area (Å²) in [5.74, 6) is 0.261. The van der Waals surface area contributed by atoms with E-state index >= 15 is 0 Å². The highest BCUT2D eigenvalue weighted by Gasteiger charge is 2.50. The van der Waals surface area contributed by atoms with E-state index in [9.17, 15) is 4.79 Å². The van der Waals surface area contributed by atoms with E-state index in [1.807, 2.05) is 0 Å². The Morgan fingerprint density at radius 3 is 2.50 bits per heavy atom. The fraction of sp³-hybridized carbons (Fsp3) is 0.917. The molecule has 0 aromatic rings. The first kappa shape index (κ1) is 10.0. The predicted octanol–water partition coefficient (Wildman–Crippen LogP) is 2.43. The van der Waals surface area contributed by atoms with Crippen LogP contribution in [-0.4, -0.2) is 23.4 Å². The van der Waals surface area contributed by atoms with E-state index in [0.29, 0.717) is 16.9 Å². The van der Waals surface area contributed by atoms with Gasteiger partial charge >= 0.3 is 0 Å². The van der Waals surface area contributed by atoms with E-state index in [4.69, 9.17) is 0 Å². The lowest BCUT2D eigenvalue weighted by Crippen LogP contribution is -2.36. The van der Waals surface area contributed by atoms with Crippen LogP contribution in [0.15, 0.2) is 0 Å². The molecule has 1 saturated heterocycles. The number of rotatable bonds is 0. The first-order chi connectivity index (χ1) is 6.31. The van der Waals surface area contributed by atoms with E-state index in [1.54, 1.807) is 6.92 Å². The fourth-order valence-electron chi connectivity index (χ4n) is 3.83. The van der Waals surface area contributed by atoms with Crippen molar-refractivity contribution in [3.05, 3.63) is 0 Å². The molecule has 1 aliphatic heterocycles. The van der Waals surface area contributed by atoms with Gasteiger partial charge in [0.1, 0.15) is 0 Å². The highest BCUT2D eigenvalue weighted by Crippen LogP contribution is 2.52. The van der Waals surface area contributed by atoms with Gasteiger partial charge in [-0.25, -0.2) is 0 Å². The minimum atomic E-state index is 0.261. The van der Waals surface area contributed by atoms with Gasteiger partial charge in [-0.15, -0.1) is 0 Å². The monoisotopic (exact) mass is 195 g/mol.